The number of carbonyl (C=O) groups excluding carboxylic acids is 1. The van der Waals surface area contributed by atoms with Crippen LogP contribution in [-0.4, -0.2) is 19.3 Å². The van der Waals surface area contributed by atoms with E-state index in [2.05, 4.69) is 4.72 Å². The molecule has 0 aliphatic rings. The predicted octanol–water partition coefficient (Wildman–Crippen LogP) is 1.16. The number of rotatable bonds is 6. The van der Waals surface area contributed by atoms with Gasteiger partial charge in [-0.25, -0.2) is 8.42 Å². The van der Waals surface area contributed by atoms with E-state index in [0.29, 0.717) is 5.56 Å². The highest BCUT2D eigenvalue weighted by atomic mass is 32.2. The van der Waals surface area contributed by atoms with Crippen LogP contribution in [0.1, 0.15) is 5.56 Å². The van der Waals surface area contributed by atoms with E-state index in [1.54, 1.807) is 6.07 Å². The first kappa shape index (κ1) is 17.2. The molecule has 0 heterocycles. The number of anilines is 1. The van der Waals surface area contributed by atoms with E-state index < -0.39 is 31.5 Å². The average Bonchev–Trinajstić information content (AvgIpc) is 2.53. The molecule has 0 saturated heterocycles. The molecule has 0 radical (unpaired) electrons. The number of sulfonamides is 1. The predicted molar refractivity (Wildman–Crippen MR) is 84.4 cm³/mol. The van der Waals surface area contributed by atoms with Crippen LogP contribution in [0.25, 0.3) is 6.08 Å². The van der Waals surface area contributed by atoms with Crippen molar-refractivity contribution in [2.75, 3.05) is 4.72 Å². The Balaban J connectivity index is 2.35. The topological polar surface area (TPSA) is 129 Å². The van der Waals surface area contributed by atoms with Gasteiger partial charge in [-0.1, -0.05) is 30.3 Å². The number of nitro benzene ring substituents is 1. The average molecular weight is 347 g/mol. The maximum Gasteiger partial charge on any atom is 0.289 e. The highest BCUT2D eigenvalue weighted by Gasteiger charge is 2.25. The Kier molecular flexibility index (Phi) is 4.95. The highest BCUT2D eigenvalue weighted by molar-refractivity contribution is 7.92. The molecule has 0 aliphatic carbocycles. The van der Waals surface area contributed by atoms with Crippen molar-refractivity contribution >= 4 is 33.4 Å². The van der Waals surface area contributed by atoms with Crippen molar-refractivity contribution in [3.05, 3.63) is 70.3 Å². The van der Waals surface area contributed by atoms with Crippen LogP contribution in [0.4, 0.5) is 11.4 Å². The SMILES string of the molecule is O=C([O-])/C=C/c1cccc(NS(=O)(=O)c2ccccc2[N+](=O)[O-])c1. The summed E-state index contributed by atoms with van der Waals surface area (Å²) in [5.41, 5.74) is 0.00797. The number of nitrogens with zero attached hydrogens (tertiary/aromatic N) is 1. The second-order valence-electron chi connectivity index (χ2n) is 4.61. The van der Waals surface area contributed by atoms with Crippen LogP contribution < -0.4 is 9.83 Å². The normalized spacial score (nSPS) is 11.3. The lowest BCUT2D eigenvalue weighted by molar-refractivity contribution is -0.387. The summed E-state index contributed by atoms with van der Waals surface area (Å²) in [6.07, 6.45) is 2.04. The van der Waals surface area contributed by atoms with Gasteiger partial charge in [0, 0.05) is 11.8 Å². The van der Waals surface area contributed by atoms with E-state index >= 15 is 0 Å². The molecular formula is C15H11N2O6S-. The minimum atomic E-state index is -4.18. The number of nitro groups is 1. The molecule has 0 bridgehead atoms. The number of carboxylic acids is 1. The highest BCUT2D eigenvalue weighted by Crippen LogP contribution is 2.25. The van der Waals surface area contributed by atoms with Crippen molar-refractivity contribution in [2.45, 2.75) is 4.90 Å². The minimum Gasteiger partial charge on any atom is -0.545 e. The van der Waals surface area contributed by atoms with E-state index in [1.807, 2.05) is 0 Å². The molecule has 0 fully saturated rings. The molecule has 2 aromatic carbocycles. The fourth-order valence-electron chi connectivity index (χ4n) is 1.92. The molecule has 0 aromatic heterocycles. The number of carbonyl (C=O) groups is 1. The van der Waals surface area contributed by atoms with Gasteiger partial charge in [0.25, 0.3) is 15.7 Å². The fraction of sp³-hybridized carbons (Fsp3) is 0. The third kappa shape index (κ3) is 4.17. The molecule has 2 rings (SSSR count). The van der Waals surface area contributed by atoms with Crippen LogP contribution in [0.2, 0.25) is 0 Å². The number of benzene rings is 2. The van der Waals surface area contributed by atoms with Gasteiger partial charge in [0.2, 0.25) is 0 Å². The van der Waals surface area contributed by atoms with Gasteiger partial charge in [-0.2, -0.15) is 0 Å². The van der Waals surface area contributed by atoms with Crippen LogP contribution in [0.3, 0.4) is 0 Å². The van der Waals surface area contributed by atoms with Crippen molar-refractivity contribution in [2.24, 2.45) is 0 Å². The first-order chi connectivity index (χ1) is 11.3. The summed E-state index contributed by atoms with van der Waals surface area (Å²) in [7, 11) is -4.18. The monoisotopic (exact) mass is 347 g/mol. The van der Waals surface area contributed by atoms with Gasteiger partial charge in [-0.15, -0.1) is 0 Å². The van der Waals surface area contributed by atoms with Crippen molar-refractivity contribution in [1.29, 1.82) is 0 Å². The maximum atomic E-state index is 12.4. The molecule has 2 aromatic rings. The summed E-state index contributed by atoms with van der Waals surface area (Å²) < 4.78 is 27.0. The molecular weight excluding hydrogens is 336 g/mol. The van der Waals surface area contributed by atoms with E-state index in [1.165, 1.54) is 36.4 Å². The zero-order valence-electron chi connectivity index (χ0n) is 12.1. The van der Waals surface area contributed by atoms with Gasteiger partial charge in [0.1, 0.15) is 0 Å². The summed E-state index contributed by atoms with van der Waals surface area (Å²) >= 11 is 0. The lowest BCUT2D eigenvalue weighted by atomic mass is 10.2. The zero-order valence-corrected chi connectivity index (χ0v) is 12.9. The van der Waals surface area contributed by atoms with Gasteiger partial charge < -0.3 is 9.90 Å². The number of para-hydroxylation sites is 1. The van der Waals surface area contributed by atoms with Crippen molar-refractivity contribution in [3.8, 4) is 0 Å². The molecule has 0 saturated carbocycles. The number of hydrogen-bond acceptors (Lipinski definition) is 6. The van der Waals surface area contributed by atoms with E-state index in [4.69, 9.17) is 0 Å². The third-order valence-electron chi connectivity index (χ3n) is 2.90. The first-order valence-electron chi connectivity index (χ1n) is 6.55. The first-order valence-corrected chi connectivity index (χ1v) is 8.03. The summed E-state index contributed by atoms with van der Waals surface area (Å²) in [6, 6.07) is 10.8. The number of hydrogen-bond donors (Lipinski definition) is 1. The van der Waals surface area contributed by atoms with Crippen LogP contribution in [-0.2, 0) is 14.8 Å². The molecule has 0 spiro atoms. The third-order valence-corrected chi connectivity index (χ3v) is 4.33. The molecule has 1 N–H and O–H groups in total. The smallest absolute Gasteiger partial charge is 0.289 e. The Labute approximate surface area is 137 Å². The van der Waals surface area contributed by atoms with Gasteiger partial charge in [0.05, 0.1) is 10.9 Å². The Morgan fingerprint density at radius 2 is 1.83 bits per heavy atom. The standard InChI is InChI=1S/C15H12N2O6S/c18-15(19)9-8-11-4-3-5-12(10-11)16-24(22,23)14-7-2-1-6-13(14)17(20)21/h1-10,16H,(H,18,19)/p-1/b9-8+. The number of carboxylic acid groups (broad SMARTS) is 1. The molecule has 8 nitrogen and oxygen atoms in total. The van der Waals surface area contributed by atoms with E-state index in [9.17, 15) is 28.4 Å². The van der Waals surface area contributed by atoms with Crippen molar-refractivity contribution in [1.82, 2.24) is 0 Å². The van der Waals surface area contributed by atoms with Crippen LogP contribution in [0.15, 0.2) is 59.5 Å². The van der Waals surface area contributed by atoms with Gasteiger partial charge >= 0.3 is 0 Å². The Morgan fingerprint density at radius 3 is 2.50 bits per heavy atom. The Morgan fingerprint density at radius 1 is 1.12 bits per heavy atom. The number of aliphatic carboxylic acids is 1. The fourth-order valence-corrected chi connectivity index (χ4v) is 3.14. The summed E-state index contributed by atoms with van der Waals surface area (Å²) in [6.45, 7) is 0. The van der Waals surface area contributed by atoms with Crippen LogP contribution in [0.5, 0.6) is 0 Å². The maximum absolute atomic E-state index is 12.4. The Hall–Kier alpha value is -3.20. The molecule has 124 valence electrons. The van der Waals surface area contributed by atoms with Gasteiger partial charge in [0.15, 0.2) is 4.90 Å². The van der Waals surface area contributed by atoms with E-state index in [0.717, 1.165) is 18.2 Å². The van der Waals surface area contributed by atoms with Crippen molar-refractivity contribution < 1.29 is 23.2 Å². The van der Waals surface area contributed by atoms with E-state index in [-0.39, 0.29) is 5.69 Å². The molecule has 0 unspecified atom stereocenters. The van der Waals surface area contributed by atoms with Gasteiger partial charge in [-0.05, 0) is 29.8 Å². The second kappa shape index (κ2) is 6.92. The summed E-state index contributed by atoms with van der Waals surface area (Å²) in [5.74, 6) is -1.39. The second-order valence-corrected chi connectivity index (χ2v) is 6.26. The lowest BCUT2D eigenvalue weighted by Gasteiger charge is -2.09. The summed E-state index contributed by atoms with van der Waals surface area (Å²) in [5, 5.41) is 21.4. The molecule has 0 amide bonds. The zero-order chi connectivity index (χ0) is 17.7. The van der Waals surface area contributed by atoms with Crippen LogP contribution in [0, 0.1) is 10.1 Å². The molecule has 0 atom stereocenters. The minimum absolute atomic E-state index is 0.133. The summed E-state index contributed by atoms with van der Waals surface area (Å²) in [4.78, 5) is 20.1. The molecule has 24 heavy (non-hydrogen) atoms. The molecule has 9 heteroatoms. The Bertz CT molecular complexity index is 921. The largest absolute Gasteiger partial charge is 0.545 e. The number of nitrogens with one attached hydrogen (secondary N) is 1. The lowest BCUT2D eigenvalue weighted by Crippen LogP contribution is -2.18. The van der Waals surface area contributed by atoms with Crippen molar-refractivity contribution in [3.63, 3.8) is 0 Å². The van der Waals surface area contributed by atoms with Gasteiger partial charge in [-0.3, -0.25) is 14.8 Å². The van der Waals surface area contributed by atoms with Crippen LogP contribution >= 0.6 is 0 Å². The quantitative estimate of drug-likeness (QED) is 0.474. The molecule has 0 aliphatic heterocycles.